The highest BCUT2D eigenvalue weighted by molar-refractivity contribution is 5.67. The van der Waals surface area contributed by atoms with Gasteiger partial charge in [0.15, 0.2) is 0 Å². The molecule has 43 heavy (non-hydrogen) atoms. The lowest BCUT2D eigenvalue weighted by atomic mass is 10.3. The third kappa shape index (κ3) is 20.9. The average Bonchev–Trinajstić information content (AvgIpc) is 2.96. The van der Waals surface area contributed by atoms with Crippen LogP contribution in [0.3, 0.4) is 0 Å². The van der Waals surface area contributed by atoms with Gasteiger partial charge >= 0.3 is 18.3 Å². The van der Waals surface area contributed by atoms with E-state index in [1.807, 2.05) is 4.90 Å². The fourth-order valence-corrected chi connectivity index (χ4v) is 3.79. The highest BCUT2D eigenvalue weighted by Gasteiger charge is 2.22. The van der Waals surface area contributed by atoms with Gasteiger partial charge in [-0.25, -0.2) is 14.4 Å². The number of ether oxygens (including phenoxy) is 7. The molecule has 0 atom stereocenters. The molecule has 0 bridgehead atoms. The molecule has 1 aliphatic rings. The van der Waals surface area contributed by atoms with Crippen LogP contribution in [-0.2, 0) is 33.2 Å². The van der Waals surface area contributed by atoms with E-state index in [0.29, 0.717) is 106 Å². The van der Waals surface area contributed by atoms with Crippen molar-refractivity contribution in [1.29, 1.82) is 0 Å². The SMILES string of the molecule is COCCOCCOCCOCCOCCOCCOCCN1CCN(C(=O)O)CCN(C(=O)O)CCN(C(=O)O)CC1. The third-order valence-corrected chi connectivity index (χ3v) is 6.31. The predicted octanol–water partition coefficient (Wildman–Crippen LogP) is -0.0120. The highest BCUT2D eigenvalue weighted by atomic mass is 16.6. The minimum atomic E-state index is -1.22. The Hall–Kier alpha value is -2.51. The molecule has 17 heteroatoms. The van der Waals surface area contributed by atoms with Gasteiger partial charge in [0.25, 0.3) is 0 Å². The van der Waals surface area contributed by atoms with Crippen LogP contribution in [0.5, 0.6) is 0 Å². The second-order valence-electron chi connectivity index (χ2n) is 9.32. The molecule has 0 saturated carbocycles. The van der Waals surface area contributed by atoms with Crippen LogP contribution in [0.1, 0.15) is 0 Å². The van der Waals surface area contributed by atoms with Gasteiger partial charge in [-0.2, -0.15) is 0 Å². The van der Waals surface area contributed by atoms with E-state index in [1.165, 1.54) is 9.80 Å². The Labute approximate surface area is 253 Å². The van der Waals surface area contributed by atoms with Crippen LogP contribution >= 0.6 is 0 Å². The van der Waals surface area contributed by atoms with Crippen molar-refractivity contribution in [2.45, 2.75) is 0 Å². The summed E-state index contributed by atoms with van der Waals surface area (Å²) in [5, 5.41) is 28.4. The molecule has 1 aliphatic heterocycles. The summed E-state index contributed by atoms with van der Waals surface area (Å²) < 4.78 is 37.6. The fraction of sp³-hybridized carbons (Fsp3) is 0.885. The van der Waals surface area contributed by atoms with E-state index in [4.69, 9.17) is 33.2 Å². The standard InChI is InChI=1S/C26H50N4O13/c1-37-12-13-39-16-17-41-20-21-43-23-22-42-19-18-40-15-14-38-11-10-27-2-4-28(24(31)32)6-8-30(26(35)36)9-7-29(5-3-27)25(33)34/h2-23H2,1H3,(H,31,32)(H,33,34)(H,35,36). The molecule has 0 aromatic rings. The van der Waals surface area contributed by atoms with Crippen LogP contribution in [0.2, 0.25) is 0 Å². The Morgan fingerprint density at radius 3 is 0.977 bits per heavy atom. The Bertz CT molecular complexity index is 707. The Balaban J connectivity index is 2.14. The number of carbonyl (C=O) groups is 3. The molecule has 3 N–H and O–H groups in total. The number of nitrogens with zero attached hydrogens (tertiary/aromatic N) is 4. The smallest absolute Gasteiger partial charge is 0.407 e. The topological polar surface area (TPSA) is 189 Å². The number of hydrogen-bond donors (Lipinski definition) is 3. The maximum atomic E-state index is 11.6. The van der Waals surface area contributed by atoms with Gasteiger partial charge in [-0.05, 0) is 0 Å². The minimum Gasteiger partial charge on any atom is -0.465 e. The number of methoxy groups -OCH3 is 1. The van der Waals surface area contributed by atoms with Crippen molar-refractivity contribution in [2.24, 2.45) is 0 Å². The van der Waals surface area contributed by atoms with E-state index in [1.54, 1.807) is 7.11 Å². The Morgan fingerprint density at radius 1 is 0.442 bits per heavy atom. The van der Waals surface area contributed by atoms with Crippen molar-refractivity contribution in [3.05, 3.63) is 0 Å². The molecule has 1 saturated heterocycles. The molecule has 252 valence electrons. The van der Waals surface area contributed by atoms with Crippen molar-refractivity contribution in [2.75, 3.05) is 152 Å². The molecule has 0 aromatic carbocycles. The van der Waals surface area contributed by atoms with Crippen LogP contribution in [0.25, 0.3) is 0 Å². The van der Waals surface area contributed by atoms with Crippen molar-refractivity contribution in [1.82, 2.24) is 19.6 Å². The summed E-state index contributed by atoms with van der Waals surface area (Å²) >= 11 is 0. The van der Waals surface area contributed by atoms with Gasteiger partial charge in [-0.1, -0.05) is 0 Å². The van der Waals surface area contributed by atoms with E-state index < -0.39 is 18.3 Å². The molecule has 0 spiro atoms. The first kappa shape index (κ1) is 38.5. The molecule has 0 aliphatic carbocycles. The molecule has 1 heterocycles. The zero-order chi connectivity index (χ0) is 31.5. The van der Waals surface area contributed by atoms with Crippen molar-refractivity contribution < 1.29 is 62.9 Å². The van der Waals surface area contributed by atoms with Gasteiger partial charge in [0, 0.05) is 66.0 Å². The molecule has 1 fully saturated rings. The normalized spacial score (nSPS) is 15.7. The maximum Gasteiger partial charge on any atom is 0.407 e. The molecular weight excluding hydrogens is 576 g/mol. The lowest BCUT2D eigenvalue weighted by molar-refractivity contribution is -0.0198. The number of rotatable bonds is 21. The van der Waals surface area contributed by atoms with Crippen LogP contribution in [0.4, 0.5) is 14.4 Å². The fourth-order valence-electron chi connectivity index (χ4n) is 3.79. The monoisotopic (exact) mass is 626 g/mol. The zero-order valence-corrected chi connectivity index (χ0v) is 25.3. The molecule has 0 radical (unpaired) electrons. The third-order valence-electron chi connectivity index (χ3n) is 6.31. The zero-order valence-electron chi connectivity index (χ0n) is 25.3. The second-order valence-corrected chi connectivity index (χ2v) is 9.32. The summed E-state index contributed by atoms with van der Waals surface area (Å²) in [7, 11) is 1.63. The lowest BCUT2D eigenvalue weighted by Crippen LogP contribution is -2.49. The minimum absolute atomic E-state index is 0.00536. The van der Waals surface area contributed by atoms with Crippen molar-refractivity contribution in [3.8, 4) is 0 Å². The summed E-state index contributed by atoms with van der Waals surface area (Å²) in [6, 6.07) is 0. The Morgan fingerprint density at radius 2 is 0.698 bits per heavy atom. The quantitative estimate of drug-likeness (QED) is 0.144. The summed E-state index contributed by atoms with van der Waals surface area (Å²) in [4.78, 5) is 40.0. The summed E-state index contributed by atoms with van der Waals surface area (Å²) in [5.74, 6) is 0. The molecule has 1 rings (SSSR count). The van der Waals surface area contributed by atoms with Crippen molar-refractivity contribution in [3.63, 3.8) is 0 Å². The van der Waals surface area contributed by atoms with E-state index in [0.717, 1.165) is 4.90 Å². The number of hydrogen-bond acceptors (Lipinski definition) is 11. The largest absolute Gasteiger partial charge is 0.465 e. The van der Waals surface area contributed by atoms with Crippen LogP contribution in [-0.4, -0.2) is 205 Å². The molecule has 3 amide bonds. The van der Waals surface area contributed by atoms with Gasteiger partial charge in [-0.15, -0.1) is 0 Å². The average molecular weight is 627 g/mol. The molecular formula is C26H50N4O13. The van der Waals surface area contributed by atoms with Gasteiger partial charge < -0.3 is 63.2 Å². The van der Waals surface area contributed by atoms with Crippen LogP contribution < -0.4 is 0 Å². The van der Waals surface area contributed by atoms with Crippen molar-refractivity contribution >= 4 is 18.3 Å². The maximum absolute atomic E-state index is 11.6. The van der Waals surface area contributed by atoms with Gasteiger partial charge in [0.1, 0.15) is 0 Å². The molecule has 17 nitrogen and oxygen atoms in total. The van der Waals surface area contributed by atoms with E-state index in [-0.39, 0.29) is 39.3 Å². The van der Waals surface area contributed by atoms with Crippen LogP contribution in [0.15, 0.2) is 0 Å². The van der Waals surface area contributed by atoms with Gasteiger partial charge in [-0.3, -0.25) is 4.90 Å². The molecule has 0 aromatic heterocycles. The first-order valence-corrected chi connectivity index (χ1v) is 14.5. The second kappa shape index (κ2) is 25.9. The number of amides is 3. The lowest BCUT2D eigenvalue weighted by Gasteiger charge is -2.32. The van der Waals surface area contributed by atoms with Gasteiger partial charge in [0.05, 0.1) is 85.9 Å². The predicted molar refractivity (Wildman–Crippen MR) is 152 cm³/mol. The summed E-state index contributed by atoms with van der Waals surface area (Å²) in [6.45, 7) is 7.37. The number of carboxylic acid groups (broad SMARTS) is 3. The highest BCUT2D eigenvalue weighted by Crippen LogP contribution is 2.02. The summed E-state index contributed by atoms with van der Waals surface area (Å²) in [5.41, 5.74) is 0. The van der Waals surface area contributed by atoms with Crippen LogP contribution in [0, 0.1) is 0 Å². The van der Waals surface area contributed by atoms with E-state index in [9.17, 15) is 29.7 Å². The molecule has 0 unspecified atom stereocenters. The Kier molecular flexibility index (Phi) is 23.2. The first-order chi connectivity index (χ1) is 20.8. The summed E-state index contributed by atoms with van der Waals surface area (Å²) in [6.07, 6.45) is -3.50. The van der Waals surface area contributed by atoms with E-state index in [2.05, 4.69) is 0 Å². The van der Waals surface area contributed by atoms with E-state index >= 15 is 0 Å². The van der Waals surface area contributed by atoms with Gasteiger partial charge in [0.2, 0.25) is 0 Å². The first-order valence-electron chi connectivity index (χ1n) is 14.5.